The SMILES string of the molecule is CC(C)NC(=O)c1ccc(Cl)c([N+](=O)[O-])c1. The van der Waals surface area contributed by atoms with Gasteiger partial charge in [-0.15, -0.1) is 0 Å². The first-order valence-corrected chi connectivity index (χ1v) is 5.04. The van der Waals surface area contributed by atoms with E-state index in [0.717, 1.165) is 0 Å². The van der Waals surface area contributed by atoms with E-state index in [0.29, 0.717) is 0 Å². The maximum atomic E-state index is 11.6. The van der Waals surface area contributed by atoms with Crippen LogP contribution in [0.15, 0.2) is 18.2 Å². The monoisotopic (exact) mass is 242 g/mol. The number of halogens is 1. The Kier molecular flexibility index (Phi) is 3.84. The Morgan fingerprint density at radius 1 is 1.50 bits per heavy atom. The van der Waals surface area contributed by atoms with Crippen molar-refractivity contribution >= 4 is 23.2 Å². The highest BCUT2D eigenvalue weighted by Crippen LogP contribution is 2.24. The molecule has 1 aromatic carbocycles. The Balaban J connectivity index is 3.03. The second-order valence-corrected chi connectivity index (χ2v) is 3.96. The van der Waals surface area contributed by atoms with E-state index in [1.165, 1.54) is 18.2 Å². The second-order valence-electron chi connectivity index (χ2n) is 3.55. The fourth-order valence-electron chi connectivity index (χ4n) is 1.14. The Bertz CT molecular complexity index is 432. The van der Waals surface area contributed by atoms with Crippen LogP contribution in [0.4, 0.5) is 5.69 Å². The largest absolute Gasteiger partial charge is 0.350 e. The molecule has 1 aromatic rings. The molecule has 0 bridgehead atoms. The summed E-state index contributed by atoms with van der Waals surface area (Å²) >= 11 is 5.63. The topological polar surface area (TPSA) is 72.2 Å². The van der Waals surface area contributed by atoms with Crippen molar-refractivity contribution in [3.05, 3.63) is 38.9 Å². The number of hydrogen-bond donors (Lipinski definition) is 1. The number of rotatable bonds is 3. The minimum Gasteiger partial charge on any atom is -0.350 e. The third-order valence-corrected chi connectivity index (χ3v) is 2.14. The van der Waals surface area contributed by atoms with Crippen LogP contribution in [0, 0.1) is 10.1 Å². The van der Waals surface area contributed by atoms with Gasteiger partial charge in [-0.1, -0.05) is 11.6 Å². The van der Waals surface area contributed by atoms with Crippen LogP contribution in [0.1, 0.15) is 24.2 Å². The van der Waals surface area contributed by atoms with Crippen molar-refractivity contribution in [2.45, 2.75) is 19.9 Å². The highest BCUT2D eigenvalue weighted by Gasteiger charge is 2.16. The number of carbonyl (C=O) groups excluding carboxylic acids is 1. The number of nitrogens with zero attached hydrogens (tertiary/aromatic N) is 1. The molecule has 86 valence electrons. The number of hydrogen-bond acceptors (Lipinski definition) is 3. The third kappa shape index (κ3) is 2.93. The molecule has 0 fully saturated rings. The maximum absolute atomic E-state index is 11.6. The van der Waals surface area contributed by atoms with Crippen LogP contribution in [-0.4, -0.2) is 16.9 Å². The summed E-state index contributed by atoms with van der Waals surface area (Å²) in [5.74, 6) is -0.352. The number of nitro groups is 1. The summed E-state index contributed by atoms with van der Waals surface area (Å²) in [6.07, 6.45) is 0. The lowest BCUT2D eigenvalue weighted by molar-refractivity contribution is -0.384. The summed E-state index contributed by atoms with van der Waals surface area (Å²) in [5, 5.41) is 13.3. The van der Waals surface area contributed by atoms with E-state index in [2.05, 4.69) is 5.32 Å². The van der Waals surface area contributed by atoms with Crippen molar-refractivity contribution in [2.24, 2.45) is 0 Å². The number of carbonyl (C=O) groups is 1. The lowest BCUT2D eigenvalue weighted by atomic mass is 10.2. The van der Waals surface area contributed by atoms with Gasteiger partial charge in [-0.2, -0.15) is 0 Å². The first-order valence-electron chi connectivity index (χ1n) is 4.66. The second kappa shape index (κ2) is 4.94. The minimum absolute atomic E-state index is 0.0195. The predicted octanol–water partition coefficient (Wildman–Crippen LogP) is 2.39. The van der Waals surface area contributed by atoms with E-state index in [9.17, 15) is 14.9 Å². The van der Waals surface area contributed by atoms with Crippen molar-refractivity contribution < 1.29 is 9.72 Å². The molecule has 0 saturated heterocycles. The molecule has 1 N–H and O–H groups in total. The molecule has 0 spiro atoms. The summed E-state index contributed by atoms with van der Waals surface area (Å²) in [6, 6.07) is 3.93. The summed E-state index contributed by atoms with van der Waals surface area (Å²) in [5.41, 5.74) is -0.0390. The van der Waals surface area contributed by atoms with Crippen molar-refractivity contribution in [3.8, 4) is 0 Å². The number of amides is 1. The molecule has 0 unspecified atom stereocenters. The van der Waals surface area contributed by atoms with Crippen LogP contribution in [-0.2, 0) is 0 Å². The van der Waals surface area contributed by atoms with Gasteiger partial charge in [0, 0.05) is 17.7 Å². The highest BCUT2D eigenvalue weighted by atomic mass is 35.5. The molecule has 0 heterocycles. The smallest absolute Gasteiger partial charge is 0.288 e. The first-order chi connectivity index (χ1) is 7.41. The lowest BCUT2D eigenvalue weighted by Crippen LogP contribution is -2.30. The van der Waals surface area contributed by atoms with Gasteiger partial charge in [-0.25, -0.2) is 0 Å². The van der Waals surface area contributed by atoms with Crippen molar-refractivity contribution in [2.75, 3.05) is 0 Å². The Morgan fingerprint density at radius 3 is 2.62 bits per heavy atom. The average Bonchev–Trinajstić information content (AvgIpc) is 2.16. The predicted molar refractivity (Wildman–Crippen MR) is 60.7 cm³/mol. The van der Waals surface area contributed by atoms with Crippen molar-refractivity contribution in [3.63, 3.8) is 0 Å². The Hall–Kier alpha value is -1.62. The van der Waals surface area contributed by atoms with Gasteiger partial charge in [-0.3, -0.25) is 14.9 Å². The zero-order valence-electron chi connectivity index (χ0n) is 8.86. The van der Waals surface area contributed by atoms with E-state index < -0.39 is 4.92 Å². The Labute approximate surface area is 97.6 Å². The van der Waals surface area contributed by atoms with Crippen LogP contribution in [0.2, 0.25) is 5.02 Å². The van der Waals surface area contributed by atoms with Crippen molar-refractivity contribution in [1.82, 2.24) is 5.32 Å². The number of nitro benzene ring substituents is 1. The molecule has 0 aliphatic carbocycles. The maximum Gasteiger partial charge on any atom is 0.288 e. The molecule has 1 amide bonds. The van der Waals surface area contributed by atoms with Gasteiger partial charge >= 0.3 is 0 Å². The fourth-order valence-corrected chi connectivity index (χ4v) is 1.33. The number of nitrogens with one attached hydrogen (secondary N) is 1. The van der Waals surface area contributed by atoms with E-state index in [1.807, 2.05) is 13.8 Å². The zero-order valence-corrected chi connectivity index (χ0v) is 9.62. The quantitative estimate of drug-likeness (QED) is 0.653. The van der Waals surface area contributed by atoms with Gasteiger partial charge in [0.2, 0.25) is 0 Å². The molecule has 1 rings (SSSR count). The average molecular weight is 243 g/mol. The molecule has 0 atom stereocenters. The van der Waals surface area contributed by atoms with Gasteiger partial charge < -0.3 is 5.32 Å². The van der Waals surface area contributed by atoms with Gasteiger partial charge in [0.1, 0.15) is 5.02 Å². The molecule has 0 aliphatic rings. The van der Waals surface area contributed by atoms with Crippen LogP contribution in [0.25, 0.3) is 0 Å². The molecule has 0 saturated carbocycles. The highest BCUT2D eigenvalue weighted by molar-refractivity contribution is 6.32. The summed E-state index contributed by atoms with van der Waals surface area (Å²) in [4.78, 5) is 21.6. The minimum atomic E-state index is -0.617. The van der Waals surface area contributed by atoms with Crippen LogP contribution in [0.5, 0.6) is 0 Å². The van der Waals surface area contributed by atoms with E-state index in [1.54, 1.807) is 0 Å². The van der Waals surface area contributed by atoms with E-state index >= 15 is 0 Å². The van der Waals surface area contributed by atoms with E-state index in [-0.39, 0.29) is 28.2 Å². The molecular formula is C10H11ClN2O3. The molecule has 5 nitrogen and oxygen atoms in total. The molecule has 6 heteroatoms. The van der Waals surface area contributed by atoms with Crippen LogP contribution in [0.3, 0.4) is 0 Å². The molecule has 0 radical (unpaired) electrons. The molecule has 16 heavy (non-hydrogen) atoms. The summed E-state index contributed by atoms with van der Waals surface area (Å²) in [6.45, 7) is 3.62. The number of benzene rings is 1. The van der Waals surface area contributed by atoms with Gasteiger partial charge in [0.25, 0.3) is 11.6 Å². The fraction of sp³-hybridized carbons (Fsp3) is 0.300. The summed E-state index contributed by atoms with van der Waals surface area (Å²) < 4.78 is 0. The molecular weight excluding hydrogens is 232 g/mol. The van der Waals surface area contributed by atoms with Crippen LogP contribution >= 0.6 is 11.6 Å². The van der Waals surface area contributed by atoms with E-state index in [4.69, 9.17) is 11.6 Å². The van der Waals surface area contributed by atoms with Gasteiger partial charge in [0.15, 0.2) is 0 Å². The Morgan fingerprint density at radius 2 is 2.12 bits per heavy atom. The van der Waals surface area contributed by atoms with Gasteiger partial charge in [-0.05, 0) is 26.0 Å². The standard InChI is InChI=1S/C10H11ClN2O3/c1-6(2)12-10(14)7-3-4-8(11)9(5-7)13(15)16/h3-6H,1-2H3,(H,12,14). The van der Waals surface area contributed by atoms with Gasteiger partial charge in [0.05, 0.1) is 4.92 Å². The third-order valence-electron chi connectivity index (χ3n) is 1.82. The van der Waals surface area contributed by atoms with Crippen molar-refractivity contribution in [1.29, 1.82) is 0 Å². The zero-order chi connectivity index (χ0) is 12.3. The molecule has 0 aromatic heterocycles. The van der Waals surface area contributed by atoms with Crippen LogP contribution < -0.4 is 5.32 Å². The first kappa shape index (κ1) is 12.4. The normalized spacial score (nSPS) is 10.2. The molecule has 0 aliphatic heterocycles. The lowest BCUT2D eigenvalue weighted by Gasteiger charge is -2.08. The summed E-state index contributed by atoms with van der Waals surface area (Å²) in [7, 11) is 0.